The molecule has 2 amide bonds. The highest BCUT2D eigenvalue weighted by Crippen LogP contribution is 2.22. The molecule has 174 valence electrons. The smallest absolute Gasteiger partial charge is 0.410 e. The Morgan fingerprint density at radius 1 is 1.06 bits per heavy atom. The van der Waals surface area contributed by atoms with Crippen molar-refractivity contribution in [2.45, 2.75) is 45.3 Å². The number of hydrogen-bond acceptors (Lipinski definition) is 5. The molecule has 33 heavy (non-hydrogen) atoms. The number of likely N-dealkylation sites (tertiary alicyclic amines) is 1. The molecule has 0 spiro atoms. The molecule has 0 radical (unpaired) electrons. The lowest BCUT2D eigenvalue weighted by Gasteiger charge is -2.33. The third-order valence-corrected chi connectivity index (χ3v) is 5.56. The molecule has 0 atom stereocenters. The summed E-state index contributed by atoms with van der Waals surface area (Å²) in [6, 6.07) is 11.0. The number of fused-ring (bicyclic) bond motifs is 1. The van der Waals surface area contributed by atoms with Gasteiger partial charge in [0.15, 0.2) is 0 Å². The van der Waals surface area contributed by atoms with Gasteiger partial charge in [0.25, 0.3) is 5.91 Å². The van der Waals surface area contributed by atoms with E-state index in [2.05, 4.69) is 4.98 Å². The first kappa shape index (κ1) is 22.6. The number of nitrogens with zero attached hydrogens (tertiary/aromatic N) is 4. The summed E-state index contributed by atoms with van der Waals surface area (Å²) in [7, 11) is 1.75. The lowest BCUT2D eigenvalue weighted by Crippen LogP contribution is -2.44. The van der Waals surface area contributed by atoms with Gasteiger partial charge < -0.3 is 23.7 Å². The Kier molecular flexibility index (Phi) is 6.26. The SMILES string of the molecule is CN(C(=O)c1ccc(OC2CCN(C(=O)OC(C)(C)C)CC2)cc1)c1ccc2nccn2c1. The molecular formula is C25H30N4O4. The summed E-state index contributed by atoms with van der Waals surface area (Å²) in [4.78, 5) is 32.7. The number of aromatic nitrogens is 2. The fraction of sp³-hybridized carbons (Fsp3) is 0.400. The van der Waals surface area contributed by atoms with Crippen LogP contribution in [0.4, 0.5) is 10.5 Å². The largest absolute Gasteiger partial charge is 0.490 e. The Hall–Kier alpha value is -3.55. The van der Waals surface area contributed by atoms with Crippen LogP contribution in [0, 0.1) is 0 Å². The predicted molar refractivity (Wildman–Crippen MR) is 126 cm³/mol. The third kappa shape index (κ3) is 5.45. The molecule has 0 unspecified atom stereocenters. The van der Waals surface area contributed by atoms with Crippen LogP contribution in [0.3, 0.4) is 0 Å². The normalized spacial score (nSPS) is 14.8. The molecule has 1 fully saturated rings. The van der Waals surface area contributed by atoms with Crippen molar-refractivity contribution >= 4 is 23.3 Å². The number of carbonyl (C=O) groups excluding carboxylic acids is 2. The summed E-state index contributed by atoms with van der Waals surface area (Å²) in [5.74, 6) is 0.608. The van der Waals surface area contributed by atoms with Gasteiger partial charge in [0.05, 0.1) is 5.69 Å². The van der Waals surface area contributed by atoms with E-state index in [9.17, 15) is 9.59 Å². The number of anilines is 1. The van der Waals surface area contributed by atoms with Crippen molar-refractivity contribution in [3.8, 4) is 5.75 Å². The molecule has 3 aromatic rings. The zero-order valence-corrected chi connectivity index (χ0v) is 19.5. The summed E-state index contributed by atoms with van der Waals surface area (Å²) in [6.07, 6.45) is 6.66. The van der Waals surface area contributed by atoms with Gasteiger partial charge in [-0.05, 0) is 57.2 Å². The molecule has 1 aromatic carbocycles. The van der Waals surface area contributed by atoms with Crippen LogP contribution in [0.15, 0.2) is 55.0 Å². The van der Waals surface area contributed by atoms with E-state index in [0.29, 0.717) is 24.4 Å². The Balaban J connectivity index is 1.32. The van der Waals surface area contributed by atoms with Gasteiger partial charge in [-0.3, -0.25) is 4.79 Å². The zero-order valence-electron chi connectivity index (χ0n) is 19.5. The van der Waals surface area contributed by atoms with Gasteiger partial charge in [0, 0.05) is 57.1 Å². The summed E-state index contributed by atoms with van der Waals surface area (Å²) < 4.78 is 13.4. The van der Waals surface area contributed by atoms with E-state index < -0.39 is 5.60 Å². The maximum Gasteiger partial charge on any atom is 0.410 e. The average molecular weight is 451 g/mol. The second-order valence-electron chi connectivity index (χ2n) is 9.25. The number of carbonyl (C=O) groups is 2. The van der Waals surface area contributed by atoms with E-state index in [1.54, 1.807) is 35.2 Å². The van der Waals surface area contributed by atoms with Gasteiger partial charge >= 0.3 is 6.09 Å². The number of ether oxygens (including phenoxy) is 2. The van der Waals surface area contributed by atoms with Crippen molar-refractivity contribution in [2.75, 3.05) is 25.0 Å². The molecule has 4 rings (SSSR count). The summed E-state index contributed by atoms with van der Waals surface area (Å²) in [5.41, 5.74) is 1.69. The van der Waals surface area contributed by atoms with E-state index >= 15 is 0 Å². The van der Waals surface area contributed by atoms with Crippen LogP contribution in [0.1, 0.15) is 44.0 Å². The van der Waals surface area contributed by atoms with Gasteiger partial charge in [0.2, 0.25) is 0 Å². The van der Waals surface area contributed by atoms with Gasteiger partial charge in [0.1, 0.15) is 23.1 Å². The summed E-state index contributed by atoms with van der Waals surface area (Å²) in [6.45, 7) is 6.80. The summed E-state index contributed by atoms with van der Waals surface area (Å²) >= 11 is 0. The first-order valence-electron chi connectivity index (χ1n) is 11.1. The van der Waals surface area contributed by atoms with Crippen molar-refractivity contribution in [3.63, 3.8) is 0 Å². The van der Waals surface area contributed by atoms with Crippen molar-refractivity contribution in [1.29, 1.82) is 0 Å². The molecule has 8 heteroatoms. The molecule has 1 aliphatic rings. The number of benzene rings is 1. The fourth-order valence-electron chi connectivity index (χ4n) is 3.77. The minimum atomic E-state index is -0.496. The van der Waals surface area contributed by atoms with E-state index in [1.165, 1.54) is 0 Å². The highest BCUT2D eigenvalue weighted by Gasteiger charge is 2.27. The van der Waals surface area contributed by atoms with Crippen LogP contribution in [-0.4, -0.2) is 58.1 Å². The quantitative estimate of drug-likeness (QED) is 0.589. The Labute approximate surface area is 193 Å². The number of rotatable bonds is 4. The summed E-state index contributed by atoms with van der Waals surface area (Å²) in [5, 5.41) is 0. The van der Waals surface area contributed by atoms with Crippen LogP contribution in [0.2, 0.25) is 0 Å². The van der Waals surface area contributed by atoms with Gasteiger partial charge in [-0.2, -0.15) is 0 Å². The molecule has 1 aliphatic heterocycles. The minimum Gasteiger partial charge on any atom is -0.490 e. The van der Waals surface area contributed by atoms with Crippen molar-refractivity contribution in [2.24, 2.45) is 0 Å². The van der Waals surface area contributed by atoms with Gasteiger partial charge in [-0.1, -0.05) is 0 Å². The molecule has 2 aromatic heterocycles. The number of imidazole rings is 1. The van der Waals surface area contributed by atoms with Crippen molar-refractivity contribution in [3.05, 3.63) is 60.6 Å². The second kappa shape index (κ2) is 9.13. The maximum absolute atomic E-state index is 12.9. The third-order valence-electron chi connectivity index (χ3n) is 5.56. The molecule has 3 heterocycles. The van der Waals surface area contributed by atoms with Crippen LogP contribution < -0.4 is 9.64 Å². The Bertz CT molecular complexity index is 1130. The zero-order chi connectivity index (χ0) is 23.6. The van der Waals surface area contributed by atoms with Crippen LogP contribution in [0.5, 0.6) is 5.75 Å². The first-order valence-corrected chi connectivity index (χ1v) is 11.1. The monoisotopic (exact) mass is 450 g/mol. The van der Waals surface area contributed by atoms with E-state index in [4.69, 9.17) is 9.47 Å². The Morgan fingerprint density at radius 3 is 2.42 bits per heavy atom. The first-order chi connectivity index (χ1) is 15.7. The Morgan fingerprint density at radius 2 is 1.76 bits per heavy atom. The fourth-order valence-corrected chi connectivity index (χ4v) is 3.77. The predicted octanol–water partition coefficient (Wildman–Crippen LogP) is 4.39. The van der Waals surface area contributed by atoms with Crippen LogP contribution in [0.25, 0.3) is 5.65 Å². The molecule has 0 N–H and O–H groups in total. The minimum absolute atomic E-state index is 0.0230. The van der Waals surface area contributed by atoms with Crippen molar-refractivity contribution < 1.29 is 19.1 Å². The molecule has 0 aliphatic carbocycles. The average Bonchev–Trinajstić information content (AvgIpc) is 3.26. The van der Waals surface area contributed by atoms with Crippen LogP contribution >= 0.6 is 0 Å². The van der Waals surface area contributed by atoms with Crippen LogP contribution in [-0.2, 0) is 4.74 Å². The van der Waals surface area contributed by atoms with Gasteiger partial charge in [-0.15, -0.1) is 0 Å². The second-order valence-corrected chi connectivity index (χ2v) is 9.25. The number of hydrogen-bond donors (Lipinski definition) is 0. The molecule has 0 saturated carbocycles. The van der Waals surface area contributed by atoms with E-state index in [-0.39, 0.29) is 18.1 Å². The highest BCUT2D eigenvalue weighted by atomic mass is 16.6. The lowest BCUT2D eigenvalue weighted by molar-refractivity contribution is 0.0126. The van der Waals surface area contributed by atoms with E-state index in [0.717, 1.165) is 24.2 Å². The van der Waals surface area contributed by atoms with E-state index in [1.807, 2.05) is 61.8 Å². The topological polar surface area (TPSA) is 76.4 Å². The standard InChI is InChI=1S/C25H30N4O4/c1-25(2,3)33-24(31)28-14-11-21(12-15-28)32-20-8-5-18(6-9-20)23(30)27(4)19-7-10-22-26-13-16-29(22)17-19/h5-10,13,16-17,21H,11-12,14-15H2,1-4H3. The molecule has 8 nitrogen and oxygen atoms in total. The number of piperidine rings is 1. The van der Waals surface area contributed by atoms with Crippen molar-refractivity contribution in [1.82, 2.24) is 14.3 Å². The highest BCUT2D eigenvalue weighted by molar-refractivity contribution is 6.05. The molecule has 1 saturated heterocycles. The van der Waals surface area contributed by atoms with Gasteiger partial charge in [-0.25, -0.2) is 9.78 Å². The lowest BCUT2D eigenvalue weighted by atomic mass is 10.1. The maximum atomic E-state index is 12.9. The number of pyridine rings is 1. The molecule has 0 bridgehead atoms. The number of amides is 2. The molecular weight excluding hydrogens is 420 g/mol.